The fraction of sp³-hybridized carbons (Fsp3) is 0.643. The summed E-state index contributed by atoms with van der Waals surface area (Å²) in [6, 6.07) is 5.60. The minimum absolute atomic E-state index is 0.598. The molecule has 0 spiro atoms. The number of fused-ring (bicyclic) bond motifs is 2. The van der Waals surface area contributed by atoms with Gasteiger partial charge in [-0.2, -0.15) is 0 Å². The molecule has 0 N–H and O–H groups in total. The molecule has 3 heterocycles. The van der Waals surface area contributed by atoms with E-state index in [9.17, 15) is 0 Å². The monoisotopic (exact) mass is 265 g/mol. The normalized spacial score (nSPS) is 29.4. The zero-order chi connectivity index (χ0) is 12.5. The Kier molecular flexibility index (Phi) is 3.55. The molecule has 0 radical (unpaired) electrons. The van der Waals surface area contributed by atoms with Gasteiger partial charge in [0.05, 0.1) is 0 Å². The third-order valence-electron chi connectivity index (χ3n) is 4.43. The molecule has 4 heteroatoms. The Morgan fingerprint density at radius 1 is 1.33 bits per heavy atom. The van der Waals surface area contributed by atoms with Crippen molar-refractivity contribution in [3.05, 3.63) is 29.0 Å². The Morgan fingerprint density at radius 3 is 3.00 bits per heavy atom. The van der Waals surface area contributed by atoms with Crippen LogP contribution in [0.25, 0.3) is 0 Å². The Bertz CT molecular complexity index is 423. The van der Waals surface area contributed by atoms with Crippen LogP contribution in [-0.2, 0) is 6.54 Å². The maximum atomic E-state index is 5.94. The summed E-state index contributed by atoms with van der Waals surface area (Å²) >= 11 is 5.94. The van der Waals surface area contributed by atoms with Crippen molar-refractivity contribution >= 4 is 11.6 Å². The van der Waals surface area contributed by atoms with Crippen LogP contribution in [-0.4, -0.2) is 47.0 Å². The number of likely N-dealkylation sites (tertiary alicyclic amines) is 1. The number of aromatic nitrogens is 1. The summed E-state index contributed by atoms with van der Waals surface area (Å²) in [5.74, 6) is 0. The van der Waals surface area contributed by atoms with E-state index in [4.69, 9.17) is 11.6 Å². The Labute approximate surface area is 114 Å². The van der Waals surface area contributed by atoms with Crippen LogP contribution < -0.4 is 0 Å². The van der Waals surface area contributed by atoms with E-state index in [1.807, 2.05) is 6.07 Å². The zero-order valence-corrected chi connectivity index (χ0v) is 11.6. The molecule has 0 aromatic carbocycles. The summed E-state index contributed by atoms with van der Waals surface area (Å²) in [4.78, 5) is 9.18. The number of pyridine rings is 1. The lowest BCUT2D eigenvalue weighted by molar-refractivity contribution is 0.214. The minimum atomic E-state index is 0.598. The molecular formula is C14H20ClN3. The second-order valence-corrected chi connectivity index (χ2v) is 5.95. The predicted octanol–water partition coefficient (Wildman–Crippen LogP) is 2.40. The molecule has 98 valence electrons. The SMILES string of the molecule is CN1C2CCC1CN(Cc1ccnc(Cl)c1)CC2. The third-order valence-corrected chi connectivity index (χ3v) is 4.64. The lowest BCUT2D eigenvalue weighted by atomic mass is 10.1. The second kappa shape index (κ2) is 5.16. The summed E-state index contributed by atoms with van der Waals surface area (Å²) in [5, 5.41) is 0.598. The first-order valence-corrected chi connectivity index (χ1v) is 7.15. The summed E-state index contributed by atoms with van der Waals surface area (Å²) in [6.45, 7) is 3.39. The lowest BCUT2D eigenvalue weighted by Crippen LogP contribution is -2.36. The number of rotatable bonds is 2. The summed E-state index contributed by atoms with van der Waals surface area (Å²) in [5.41, 5.74) is 1.27. The second-order valence-electron chi connectivity index (χ2n) is 5.56. The molecule has 0 saturated carbocycles. The number of hydrogen-bond donors (Lipinski definition) is 0. The topological polar surface area (TPSA) is 19.4 Å². The van der Waals surface area contributed by atoms with Crippen molar-refractivity contribution in [2.24, 2.45) is 0 Å². The average molecular weight is 266 g/mol. The van der Waals surface area contributed by atoms with E-state index >= 15 is 0 Å². The van der Waals surface area contributed by atoms with E-state index in [-0.39, 0.29) is 0 Å². The van der Waals surface area contributed by atoms with Gasteiger partial charge in [-0.05, 0) is 44.0 Å². The van der Waals surface area contributed by atoms with Gasteiger partial charge in [-0.1, -0.05) is 11.6 Å². The third kappa shape index (κ3) is 2.53. The van der Waals surface area contributed by atoms with Crippen molar-refractivity contribution in [2.45, 2.75) is 37.9 Å². The lowest BCUT2D eigenvalue weighted by Gasteiger charge is -2.25. The Morgan fingerprint density at radius 2 is 2.17 bits per heavy atom. The smallest absolute Gasteiger partial charge is 0.129 e. The molecule has 0 amide bonds. The van der Waals surface area contributed by atoms with Crippen LogP contribution in [0, 0.1) is 0 Å². The molecule has 2 saturated heterocycles. The van der Waals surface area contributed by atoms with E-state index < -0.39 is 0 Å². The summed E-state index contributed by atoms with van der Waals surface area (Å²) in [7, 11) is 2.29. The van der Waals surface area contributed by atoms with Gasteiger partial charge in [-0.15, -0.1) is 0 Å². The molecule has 1 aromatic heterocycles. The quantitative estimate of drug-likeness (QED) is 0.766. The number of halogens is 1. The molecule has 0 aliphatic carbocycles. The first-order valence-electron chi connectivity index (χ1n) is 6.77. The summed E-state index contributed by atoms with van der Waals surface area (Å²) < 4.78 is 0. The fourth-order valence-corrected chi connectivity index (χ4v) is 3.52. The van der Waals surface area contributed by atoms with Crippen molar-refractivity contribution in [1.82, 2.24) is 14.8 Å². The van der Waals surface area contributed by atoms with Crippen LogP contribution in [0.1, 0.15) is 24.8 Å². The van der Waals surface area contributed by atoms with Crippen LogP contribution in [0.4, 0.5) is 0 Å². The van der Waals surface area contributed by atoms with Gasteiger partial charge < -0.3 is 0 Å². The van der Waals surface area contributed by atoms with Gasteiger partial charge in [0, 0.05) is 37.9 Å². The van der Waals surface area contributed by atoms with Crippen molar-refractivity contribution in [1.29, 1.82) is 0 Å². The molecule has 3 nitrogen and oxygen atoms in total. The van der Waals surface area contributed by atoms with Crippen molar-refractivity contribution in [3.63, 3.8) is 0 Å². The Hall–Kier alpha value is -0.640. The van der Waals surface area contributed by atoms with Crippen molar-refractivity contribution in [2.75, 3.05) is 20.1 Å². The highest BCUT2D eigenvalue weighted by atomic mass is 35.5. The van der Waals surface area contributed by atoms with Gasteiger partial charge in [-0.3, -0.25) is 9.80 Å². The van der Waals surface area contributed by atoms with E-state index in [0.717, 1.165) is 18.6 Å². The van der Waals surface area contributed by atoms with Gasteiger partial charge in [0.2, 0.25) is 0 Å². The van der Waals surface area contributed by atoms with Gasteiger partial charge in [0.25, 0.3) is 0 Å². The van der Waals surface area contributed by atoms with Gasteiger partial charge in [0.15, 0.2) is 0 Å². The minimum Gasteiger partial charge on any atom is -0.299 e. The largest absolute Gasteiger partial charge is 0.299 e. The van der Waals surface area contributed by atoms with Crippen LogP contribution in [0.2, 0.25) is 5.15 Å². The van der Waals surface area contributed by atoms with Gasteiger partial charge in [-0.25, -0.2) is 4.98 Å². The highest BCUT2D eigenvalue weighted by molar-refractivity contribution is 6.29. The number of nitrogens with zero attached hydrogens (tertiary/aromatic N) is 3. The molecule has 2 atom stereocenters. The van der Waals surface area contributed by atoms with Crippen LogP contribution >= 0.6 is 11.6 Å². The average Bonchev–Trinajstić information content (AvgIpc) is 2.58. The maximum absolute atomic E-state index is 5.94. The zero-order valence-electron chi connectivity index (χ0n) is 10.8. The molecule has 2 unspecified atom stereocenters. The molecule has 18 heavy (non-hydrogen) atoms. The number of likely N-dealkylation sites (N-methyl/N-ethyl adjacent to an activating group) is 1. The standard InChI is InChI=1S/C14H20ClN3/c1-17-12-2-3-13(17)10-18(7-5-12)9-11-4-6-16-14(15)8-11/h4,6,8,12-13H,2-3,5,7,9-10H2,1H3. The molecule has 1 aromatic rings. The molecular weight excluding hydrogens is 246 g/mol. The van der Waals surface area contributed by atoms with E-state index in [0.29, 0.717) is 5.15 Å². The molecule has 2 aliphatic heterocycles. The molecule has 2 fully saturated rings. The van der Waals surface area contributed by atoms with Crippen molar-refractivity contribution in [3.8, 4) is 0 Å². The first-order chi connectivity index (χ1) is 8.72. The van der Waals surface area contributed by atoms with Crippen LogP contribution in [0.5, 0.6) is 0 Å². The highest BCUT2D eigenvalue weighted by Crippen LogP contribution is 2.29. The number of hydrogen-bond acceptors (Lipinski definition) is 3. The first kappa shape index (κ1) is 12.4. The molecule has 3 rings (SSSR count). The van der Waals surface area contributed by atoms with E-state index in [2.05, 4.69) is 27.9 Å². The fourth-order valence-electron chi connectivity index (χ4n) is 3.32. The maximum Gasteiger partial charge on any atom is 0.129 e. The van der Waals surface area contributed by atoms with Gasteiger partial charge in [0.1, 0.15) is 5.15 Å². The van der Waals surface area contributed by atoms with Crippen molar-refractivity contribution < 1.29 is 0 Å². The predicted molar refractivity (Wildman–Crippen MR) is 73.7 cm³/mol. The highest BCUT2D eigenvalue weighted by Gasteiger charge is 2.34. The van der Waals surface area contributed by atoms with Gasteiger partial charge >= 0.3 is 0 Å². The molecule has 2 aliphatic rings. The summed E-state index contributed by atoms with van der Waals surface area (Å²) in [6.07, 6.45) is 5.84. The van der Waals surface area contributed by atoms with E-state index in [1.54, 1.807) is 6.20 Å². The molecule has 2 bridgehead atoms. The van der Waals surface area contributed by atoms with Crippen LogP contribution in [0.15, 0.2) is 18.3 Å². The Balaban J connectivity index is 1.67. The van der Waals surface area contributed by atoms with Crippen LogP contribution in [0.3, 0.4) is 0 Å². The van der Waals surface area contributed by atoms with E-state index in [1.165, 1.54) is 37.9 Å².